The van der Waals surface area contributed by atoms with E-state index in [1.807, 2.05) is 0 Å². The summed E-state index contributed by atoms with van der Waals surface area (Å²) in [6.07, 6.45) is 3.43. The predicted octanol–water partition coefficient (Wildman–Crippen LogP) is 2.13. The SMILES string of the molecule is CSC1(CNCC(F)F)CCC1. The van der Waals surface area contributed by atoms with E-state index in [9.17, 15) is 8.78 Å². The minimum atomic E-state index is -2.22. The molecular formula is C8H15F2NS. The molecule has 1 nitrogen and oxygen atoms in total. The molecule has 1 fully saturated rings. The molecule has 1 rings (SSSR count). The fraction of sp³-hybridized carbons (Fsp3) is 1.00. The molecule has 72 valence electrons. The lowest BCUT2D eigenvalue weighted by molar-refractivity contribution is 0.143. The van der Waals surface area contributed by atoms with E-state index in [1.54, 1.807) is 11.8 Å². The molecule has 0 heterocycles. The van der Waals surface area contributed by atoms with Crippen LogP contribution in [0.4, 0.5) is 8.78 Å². The highest BCUT2D eigenvalue weighted by atomic mass is 32.2. The van der Waals surface area contributed by atoms with Gasteiger partial charge >= 0.3 is 0 Å². The Morgan fingerprint density at radius 1 is 1.50 bits per heavy atom. The van der Waals surface area contributed by atoms with Crippen LogP contribution >= 0.6 is 11.8 Å². The van der Waals surface area contributed by atoms with Crippen molar-refractivity contribution in [3.8, 4) is 0 Å². The van der Waals surface area contributed by atoms with Crippen molar-refractivity contribution in [2.45, 2.75) is 30.4 Å². The van der Waals surface area contributed by atoms with Crippen molar-refractivity contribution in [3.05, 3.63) is 0 Å². The first-order valence-electron chi connectivity index (χ1n) is 4.22. The van der Waals surface area contributed by atoms with Gasteiger partial charge in [-0.15, -0.1) is 0 Å². The summed E-state index contributed by atoms with van der Waals surface area (Å²) < 4.78 is 23.8. The van der Waals surface area contributed by atoms with E-state index in [0.717, 1.165) is 6.54 Å². The molecule has 12 heavy (non-hydrogen) atoms. The van der Waals surface area contributed by atoms with Crippen molar-refractivity contribution in [1.82, 2.24) is 5.32 Å². The minimum Gasteiger partial charge on any atom is -0.310 e. The fourth-order valence-corrected chi connectivity index (χ4v) is 2.38. The molecule has 0 amide bonds. The molecule has 0 radical (unpaired) electrons. The Morgan fingerprint density at radius 2 is 2.17 bits per heavy atom. The lowest BCUT2D eigenvalue weighted by Crippen LogP contribution is -2.44. The van der Waals surface area contributed by atoms with Gasteiger partial charge in [-0.3, -0.25) is 0 Å². The number of nitrogens with one attached hydrogen (secondary N) is 1. The number of alkyl halides is 2. The van der Waals surface area contributed by atoms with Crippen LogP contribution in [0.1, 0.15) is 19.3 Å². The second-order valence-electron chi connectivity index (χ2n) is 3.26. The number of rotatable bonds is 5. The second-order valence-corrected chi connectivity index (χ2v) is 4.54. The monoisotopic (exact) mass is 195 g/mol. The van der Waals surface area contributed by atoms with Gasteiger partial charge < -0.3 is 5.32 Å². The van der Waals surface area contributed by atoms with Crippen molar-refractivity contribution in [2.75, 3.05) is 19.3 Å². The van der Waals surface area contributed by atoms with Gasteiger partial charge in [-0.2, -0.15) is 11.8 Å². The number of hydrogen-bond acceptors (Lipinski definition) is 2. The molecule has 0 aromatic rings. The quantitative estimate of drug-likeness (QED) is 0.721. The molecule has 0 aromatic carbocycles. The third-order valence-electron chi connectivity index (χ3n) is 2.44. The van der Waals surface area contributed by atoms with Gasteiger partial charge in [0.1, 0.15) is 0 Å². The standard InChI is InChI=1S/C8H15F2NS/c1-12-8(3-2-4-8)6-11-5-7(9)10/h7,11H,2-6H2,1H3. The molecule has 4 heteroatoms. The maximum absolute atomic E-state index is 11.8. The summed E-state index contributed by atoms with van der Waals surface area (Å²) in [6.45, 7) is 0.570. The summed E-state index contributed by atoms with van der Waals surface area (Å²) in [5, 5.41) is 2.81. The highest BCUT2D eigenvalue weighted by molar-refractivity contribution is 8.00. The molecule has 1 aliphatic rings. The fourth-order valence-electron chi connectivity index (χ4n) is 1.43. The van der Waals surface area contributed by atoms with Crippen molar-refractivity contribution >= 4 is 11.8 Å². The van der Waals surface area contributed by atoms with E-state index in [0.29, 0.717) is 0 Å². The Morgan fingerprint density at radius 3 is 2.50 bits per heavy atom. The molecule has 0 bridgehead atoms. The molecule has 0 atom stereocenters. The van der Waals surface area contributed by atoms with Gasteiger partial charge in [0.25, 0.3) is 6.43 Å². The molecule has 1 N–H and O–H groups in total. The van der Waals surface area contributed by atoms with E-state index < -0.39 is 6.43 Å². The van der Waals surface area contributed by atoms with E-state index in [1.165, 1.54) is 19.3 Å². The number of thioether (sulfide) groups is 1. The molecular weight excluding hydrogens is 180 g/mol. The van der Waals surface area contributed by atoms with Crippen LogP contribution in [0.2, 0.25) is 0 Å². The first kappa shape index (κ1) is 10.3. The summed E-state index contributed by atoms with van der Waals surface area (Å²) in [7, 11) is 0. The van der Waals surface area contributed by atoms with E-state index in [4.69, 9.17) is 0 Å². The van der Waals surface area contributed by atoms with Crippen LogP contribution in [-0.2, 0) is 0 Å². The highest BCUT2D eigenvalue weighted by Gasteiger charge is 2.35. The van der Waals surface area contributed by atoms with Crippen LogP contribution in [0.15, 0.2) is 0 Å². The lowest BCUT2D eigenvalue weighted by Gasteiger charge is -2.40. The van der Waals surface area contributed by atoms with E-state index in [-0.39, 0.29) is 11.3 Å². The molecule has 0 saturated heterocycles. The zero-order chi connectivity index (χ0) is 9.03. The maximum Gasteiger partial charge on any atom is 0.250 e. The van der Waals surface area contributed by atoms with Crippen molar-refractivity contribution in [3.63, 3.8) is 0 Å². The van der Waals surface area contributed by atoms with Crippen molar-refractivity contribution in [1.29, 1.82) is 0 Å². The molecule has 0 aromatic heterocycles. The average Bonchev–Trinajstić information content (AvgIpc) is 1.94. The molecule has 0 aliphatic heterocycles. The van der Waals surface area contributed by atoms with Crippen LogP contribution in [-0.4, -0.2) is 30.5 Å². The summed E-state index contributed by atoms with van der Waals surface area (Å²) in [4.78, 5) is 0. The van der Waals surface area contributed by atoms with Gasteiger partial charge in [-0.1, -0.05) is 6.42 Å². The Hall–Kier alpha value is 0.170. The third-order valence-corrected chi connectivity index (χ3v) is 3.86. The molecule has 1 saturated carbocycles. The zero-order valence-corrected chi connectivity index (χ0v) is 8.09. The van der Waals surface area contributed by atoms with Gasteiger partial charge in [0.05, 0.1) is 6.54 Å². The van der Waals surface area contributed by atoms with Crippen LogP contribution < -0.4 is 5.32 Å². The highest BCUT2D eigenvalue weighted by Crippen LogP contribution is 2.42. The largest absolute Gasteiger partial charge is 0.310 e. The topological polar surface area (TPSA) is 12.0 Å². The molecule has 1 aliphatic carbocycles. The predicted molar refractivity (Wildman–Crippen MR) is 49.0 cm³/mol. The lowest BCUT2D eigenvalue weighted by atomic mass is 9.84. The van der Waals surface area contributed by atoms with Crippen LogP contribution in [0.25, 0.3) is 0 Å². The minimum absolute atomic E-state index is 0.164. The first-order chi connectivity index (χ1) is 5.68. The van der Waals surface area contributed by atoms with Crippen molar-refractivity contribution < 1.29 is 8.78 Å². The van der Waals surface area contributed by atoms with Crippen LogP contribution in [0.3, 0.4) is 0 Å². The van der Waals surface area contributed by atoms with Crippen LogP contribution in [0, 0.1) is 0 Å². The summed E-state index contributed by atoms with van der Waals surface area (Å²) in [5.41, 5.74) is 0. The number of hydrogen-bond donors (Lipinski definition) is 1. The van der Waals surface area contributed by atoms with E-state index >= 15 is 0 Å². The molecule has 0 spiro atoms. The summed E-state index contributed by atoms with van der Waals surface area (Å²) in [6, 6.07) is 0. The summed E-state index contributed by atoms with van der Waals surface area (Å²) >= 11 is 1.80. The van der Waals surface area contributed by atoms with Gasteiger partial charge in [0.2, 0.25) is 0 Å². The maximum atomic E-state index is 11.8. The smallest absolute Gasteiger partial charge is 0.250 e. The Bertz CT molecular complexity index is 132. The average molecular weight is 195 g/mol. The zero-order valence-electron chi connectivity index (χ0n) is 7.28. The van der Waals surface area contributed by atoms with Crippen LogP contribution in [0.5, 0.6) is 0 Å². The normalized spacial score (nSPS) is 21.0. The number of halogens is 2. The van der Waals surface area contributed by atoms with Gasteiger partial charge in [-0.05, 0) is 19.1 Å². The van der Waals surface area contributed by atoms with Gasteiger partial charge in [0.15, 0.2) is 0 Å². The van der Waals surface area contributed by atoms with Crippen molar-refractivity contribution in [2.24, 2.45) is 0 Å². The summed E-state index contributed by atoms with van der Waals surface area (Å²) in [5.74, 6) is 0. The Labute approximate surface area is 76.3 Å². The van der Waals surface area contributed by atoms with Gasteiger partial charge in [-0.25, -0.2) is 8.78 Å². The Balaban J connectivity index is 2.12. The molecule has 0 unspecified atom stereocenters. The Kier molecular flexibility index (Phi) is 3.77. The third kappa shape index (κ3) is 2.59. The van der Waals surface area contributed by atoms with Gasteiger partial charge in [0, 0.05) is 11.3 Å². The second kappa shape index (κ2) is 4.42. The first-order valence-corrected chi connectivity index (χ1v) is 5.45. The van der Waals surface area contributed by atoms with E-state index in [2.05, 4.69) is 11.6 Å².